The Morgan fingerprint density at radius 3 is 2.61 bits per heavy atom. The molecule has 0 saturated heterocycles. The highest BCUT2D eigenvalue weighted by atomic mass is 16.5. The van der Waals surface area contributed by atoms with Crippen LogP contribution in [0.4, 0.5) is 16.2 Å². The van der Waals surface area contributed by atoms with Crippen LogP contribution in [0, 0.1) is 0 Å². The van der Waals surface area contributed by atoms with Crippen molar-refractivity contribution in [3.05, 3.63) is 53.3 Å². The molecule has 6 rings (SSSR count). The Bertz CT molecular complexity index is 1320. The fraction of sp³-hybridized carbons (Fsp3) is 0.483. The van der Waals surface area contributed by atoms with Crippen LogP contribution in [-0.4, -0.2) is 34.7 Å². The first-order chi connectivity index (χ1) is 17.6. The summed E-state index contributed by atoms with van der Waals surface area (Å²) in [5.41, 5.74) is 6.31. The number of amides is 2. The molecule has 2 aromatic carbocycles. The topological polar surface area (TPSA) is 67.7 Å². The number of anilines is 2. The SMILES string of the molecule is COC(=O)N1c2ccc3c(nc(CN4C(=O)CCc5ccccc54)n3C3CCCCC3)c2CC[C@@H]1C. The van der Waals surface area contributed by atoms with Crippen LogP contribution in [0.2, 0.25) is 0 Å². The van der Waals surface area contributed by atoms with Gasteiger partial charge in [-0.25, -0.2) is 9.78 Å². The second-order valence-electron chi connectivity index (χ2n) is 10.5. The van der Waals surface area contributed by atoms with Crippen LogP contribution in [0.25, 0.3) is 11.0 Å². The van der Waals surface area contributed by atoms with E-state index in [1.165, 1.54) is 31.9 Å². The minimum atomic E-state index is -0.328. The lowest BCUT2D eigenvalue weighted by Gasteiger charge is -2.34. The van der Waals surface area contributed by atoms with Gasteiger partial charge in [-0.05, 0) is 62.8 Å². The number of carbonyl (C=O) groups excluding carboxylic acids is 2. The first-order valence-corrected chi connectivity index (χ1v) is 13.3. The van der Waals surface area contributed by atoms with Gasteiger partial charge in [-0.1, -0.05) is 37.5 Å². The molecule has 0 radical (unpaired) electrons. The van der Waals surface area contributed by atoms with Crippen LogP contribution in [0.15, 0.2) is 36.4 Å². The predicted molar refractivity (Wildman–Crippen MR) is 140 cm³/mol. The summed E-state index contributed by atoms with van der Waals surface area (Å²) in [5, 5.41) is 0. The van der Waals surface area contributed by atoms with Crippen molar-refractivity contribution in [1.29, 1.82) is 0 Å². The summed E-state index contributed by atoms with van der Waals surface area (Å²) in [4.78, 5) is 34.7. The van der Waals surface area contributed by atoms with Gasteiger partial charge in [-0.2, -0.15) is 0 Å². The maximum atomic E-state index is 13.1. The Morgan fingerprint density at radius 1 is 1.00 bits per heavy atom. The van der Waals surface area contributed by atoms with Gasteiger partial charge in [-0.3, -0.25) is 9.69 Å². The lowest BCUT2D eigenvalue weighted by atomic mass is 9.94. The standard InChI is InChI=1S/C29H34N4O3/c1-19-12-14-22-24(32(19)29(35)36-2)15-16-25-28(22)30-26(33(25)21-9-4-3-5-10-21)18-31-23-11-7-6-8-20(23)13-17-27(31)34/h6-8,11,15-16,19,21H,3-5,9-10,12-14,17-18H2,1-2H3/t19-/m0/s1. The van der Waals surface area contributed by atoms with Gasteiger partial charge >= 0.3 is 6.09 Å². The van der Waals surface area contributed by atoms with Crippen molar-refractivity contribution in [2.75, 3.05) is 16.9 Å². The Labute approximate surface area is 212 Å². The summed E-state index contributed by atoms with van der Waals surface area (Å²) in [7, 11) is 1.44. The van der Waals surface area contributed by atoms with E-state index in [0.717, 1.165) is 65.9 Å². The molecule has 2 aliphatic heterocycles. The van der Waals surface area contributed by atoms with Crippen molar-refractivity contribution in [3.63, 3.8) is 0 Å². The lowest BCUT2D eigenvalue weighted by molar-refractivity contribution is -0.119. The smallest absolute Gasteiger partial charge is 0.414 e. The lowest BCUT2D eigenvalue weighted by Crippen LogP contribution is -2.42. The summed E-state index contributed by atoms with van der Waals surface area (Å²) in [6.07, 6.45) is 8.70. The molecule has 3 heterocycles. The zero-order chi connectivity index (χ0) is 24.8. The van der Waals surface area contributed by atoms with E-state index < -0.39 is 0 Å². The van der Waals surface area contributed by atoms with Crippen LogP contribution >= 0.6 is 0 Å². The zero-order valence-corrected chi connectivity index (χ0v) is 21.2. The third-order valence-corrected chi connectivity index (χ3v) is 8.33. The van der Waals surface area contributed by atoms with Gasteiger partial charge in [0.15, 0.2) is 0 Å². The number of rotatable bonds is 3. The average molecular weight is 487 g/mol. The normalized spacial score (nSPS) is 20.4. The third-order valence-electron chi connectivity index (χ3n) is 8.33. The Kier molecular flexibility index (Phi) is 5.94. The molecule has 1 aromatic heterocycles. The van der Waals surface area contributed by atoms with Crippen molar-refractivity contribution >= 4 is 34.4 Å². The number of nitrogens with zero attached hydrogens (tertiary/aromatic N) is 4. The highest BCUT2D eigenvalue weighted by Gasteiger charge is 2.33. The molecule has 188 valence electrons. The number of fused-ring (bicyclic) bond motifs is 4. The van der Waals surface area contributed by atoms with Gasteiger partial charge in [0.1, 0.15) is 5.82 Å². The number of para-hydroxylation sites is 1. The number of aryl methyl sites for hydroxylation is 2. The second kappa shape index (κ2) is 9.26. The van der Waals surface area contributed by atoms with Gasteiger partial charge in [0, 0.05) is 29.8 Å². The van der Waals surface area contributed by atoms with Crippen LogP contribution in [0.5, 0.6) is 0 Å². The molecule has 0 bridgehead atoms. The zero-order valence-electron chi connectivity index (χ0n) is 21.2. The average Bonchev–Trinajstić information content (AvgIpc) is 3.28. The fourth-order valence-corrected chi connectivity index (χ4v) is 6.49. The molecule has 1 aliphatic carbocycles. The molecule has 1 saturated carbocycles. The van der Waals surface area contributed by atoms with Crippen molar-refractivity contribution < 1.29 is 14.3 Å². The van der Waals surface area contributed by atoms with Gasteiger partial charge in [0.25, 0.3) is 0 Å². The van der Waals surface area contributed by atoms with E-state index in [1.807, 2.05) is 17.0 Å². The number of benzene rings is 2. The van der Waals surface area contributed by atoms with Crippen molar-refractivity contribution in [3.8, 4) is 0 Å². The first kappa shape index (κ1) is 23.1. The monoisotopic (exact) mass is 486 g/mol. The Hall–Kier alpha value is -3.35. The van der Waals surface area contributed by atoms with Gasteiger partial charge < -0.3 is 14.2 Å². The number of carbonyl (C=O) groups is 2. The van der Waals surface area contributed by atoms with E-state index >= 15 is 0 Å². The summed E-state index contributed by atoms with van der Waals surface area (Å²) in [5.74, 6) is 1.10. The van der Waals surface area contributed by atoms with Gasteiger partial charge in [0.05, 0.1) is 30.4 Å². The number of methoxy groups -OCH3 is 1. The van der Waals surface area contributed by atoms with E-state index in [4.69, 9.17) is 9.72 Å². The molecule has 3 aromatic rings. The molecule has 0 spiro atoms. The number of ether oxygens (including phenoxy) is 1. The molecule has 2 amide bonds. The van der Waals surface area contributed by atoms with Crippen molar-refractivity contribution in [2.45, 2.75) is 83.3 Å². The molecule has 3 aliphatic rings. The van der Waals surface area contributed by atoms with Crippen LogP contribution in [0.3, 0.4) is 0 Å². The largest absolute Gasteiger partial charge is 0.452 e. The summed E-state index contributed by atoms with van der Waals surface area (Å²) < 4.78 is 7.53. The molecule has 0 unspecified atom stereocenters. The third kappa shape index (κ3) is 3.76. The maximum absolute atomic E-state index is 13.1. The maximum Gasteiger partial charge on any atom is 0.414 e. The number of hydrogen-bond acceptors (Lipinski definition) is 4. The summed E-state index contributed by atoms with van der Waals surface area (Å²) in [6.45, 7) is 2.53. The van der Waals surface area contributed by atoms with Gasteiger partial charge in [0.2, 0.25) is 5.91 Å². The van der Waals surface area contributed by atoms with Crippen LogP contribution in [-0.2, 0) is 28.9 Å². The predicted octanol–water partition coefficient (Wildman–Crippen LogP) is 5.93. The summed E-state index contributed by atoms with van der Waals surface area (Å²) >= 11 is 0. The van der Waals surface area contributed by atoms with Crippen molar-refractivity contribution in [2.24, 2.45) is 0 Å². The first-order valence-electron chi connectivity index (χ1n) is 13.3. The molecule has 1 fully saturated rings. The molecular weight excluding hydrogens is 452 g/mol. The Morgan fingerprint density at radius 2 is 1.81 bits per heavy atom. The quantitative estimate of drug-likeness (QED) is 0.460. The molecular formula is C29H34N4O3. The van der Waals surface area contributed by atoms with Crippen LogP contribution < -0.4 is 9.80 Å². The van der Waals surface area contributed by atoms with E-state index in [-0.39, 0.29) is 18.0 Å². The van der Waals surface area contributed by atoms with E-state index in [0.29, 0.717) is 19.0 Å². The molecule has 1 atom stereocenters. The van der Waals surface area contributed by atoms with Crippen molar-refractivity contribution in [1.82, 2.24) is 9.55 Å². The molecule has 7 nitrogen and oxygen atoms in total. The van der Waals surface area contributed by atoms with E-state index in [9.17, 15) is 9.59 Å². The van der Waals surface area contributed by atoms with E-state index in [2.05, 4.69) is 35.8 Å². The fourth-order valence-electron chi connectivity index (χ4n) is 6.49. The molecule has 0 N–H and O–H groups in total. The van der Waals surface area contributed by atoms with E-state index in [1.54, 1.807) is 4.90 Å². The minimum absolute atomic E-state index is 0.0739. The number of hydrogen-bond donors (Lipinski definition) is 0. The minimum Gasteiger partial charge on any atom is -0.452 e. The highest BCUT2D eigenvalue weighted by Crippen LogP contribution is 2.40. The number of aromatic nitrogens is 2. The molecule has 36 heavy (non-hydrogen) atoms. The Balaban J connectivity index is 1.49. The molecule has 7 heteroatoms. The van der Waals surface area contributed by atoms with Gasteiger partial charge in [-0.15, -0.1) is 0 Å². The second-order valence-corrected chi connectivity index (χ2v) is 10.5. The number of imidazole rings is 1. The summed E-state index contributed by atoms with van der Waals surface area (Å²) in [6, 6.07) is 12.9. The highest BCUT2D eigenvalue weighted by molar-refractivity contribution is 5.97. The van der Waals surface area contributed by atoms with Crippen LogP contribution in [0.1, 0.15) is 74.9 Å².